The van der Waals surface area contributed by atoms with Crippen molar-refractivity contribution in [3.8, 4) is 0 Å². The Bertz CT molecular complexity index is 666. The summed E-state index contributed by atoms with van der Waals surface area (Å²) in [7, 11) is 0. The number of aromatic nitrogens is 2. The molecule has 1 N–H and O–H groups in total. The van der Waals surface area contributed by atoms with Gasteiger partial charge in [-0.2, -0.15) is 0 Å². The van der Waals surface area contributed by atoms with Crippen molar-refractivity contribution in [1.29, 1.82) is 0 Å². The number of aryl methyl sites for hydroxylation is 1. The lowest BCUT2D eigenvalue weighted by molar-refractivity contribution is -0.121. The largest absolute Gasteiger partial charge is 0.353 e. The number of hydrogen-bond acceptors (Lipinski definition) is 2. The Morgan fingerprint density at radius 3 is 3.00 bits per heavy atom. The lowest BCUT2D eigenvalue weighted by Crippen LogP contribution is -2.25. The fourth-order valence-corrected chi connectivity index (χ4v) is 2.63. The number of fused-ring (bicyclic) bond motifs is 1. The Morgan fingerprint density at radius 2 is 2.29 bits per heavy atom. The summed E-state index contributed by atoms with van der Waals surface area (Å²) >= 11 is 5.91. The smallest absolute Gasteiger partial charge is 0.220 e. The minimum atomic E-state index is -0.308. The van der Waals surface area contributed by atoms with Gasteiger partial charge in [0.25, 0.3) is 0 Å². The fourth-order valence-electron chi connectivity index (χ4n) is 2.43. The molecule has 6 heteroatoms. The van der Waals surface area contributed by atoms with Crippen LogP contribution in [0.1, 0.15) is 31.5 Å². The van der Waals surface area contributed by atoms with Crippen LogP contribution in [0.2, 0.25) is 0 Å². The zero-order valence-corrected chi connectivity index (χ0v) is 12.4. The predicted octanol–water partition coefficient (Wildman–Crippen LogP) is 2.97. The first-order chi connectivity index (χ1) is 10.2. The van der Waals surface area contributed by atoms with Crippen molar-refractivity contribution in [3.05, 3.63) is 29.8 Å². The van der Waals surface area contributed by atoms with E-state index >= 15 is 0 Å². The third-order valence-corrected chi connectivity index (χ3v) is 3.88. The van der Waals surface area contributed by atoms with E-state index in [4.69, 9.17) is 11.6 Å². The van der Waals surface area contributed by atoms with E-state index in [0.29, 0.717) is 36.8 Å². The van der Waals surface area contributed by atoms with Gasteiger partial charge in [-0.05, 0) is 31.4 Å². The van der Waals surface area contributed by atoms with Gasteiger partial charge in [0.2, 0.25) is 5.91 Å². The highest BCUT2D eigenvalue weighted by Crippen LogP contribution is 2.20. The Morgan fingerprint density at radius 1 is 1.48 bits per heavy atom. The number of halogens is 2. The third kappa shape index (κ3) is 3.35. The van der Waals surface area contributed by atoms with Crippen LogP contribution in [0.5, 0.6) is 0 Å². The summed E-state index contributed by atoms with van der Waals surface area (Å²) < 4.78 is 15.2. The van der Waals surface area contributed by atoms with Crippen LogP contribution in [0.25, 0.3) is 11.0 Å². The summed E-state index contributed by atoms with van der Waals surface area (Å²) in [4.78, 5) is 16.0. The molecule has 4 nitrogen and oxygen atoms in total. The Hall–Kier alpha value is -1.62. The first kappa shape index (κ1) is 14.3. The summed E-state index contributed by atoms with van der Waals surface area (Å²) in [6.45, 7) is 0.655. The average molecular weight is 310 g/mol. The summed E-state index contributed by atoms with van der Waals surface area (Å²) in [6.07, 6.45) is 3.39. The van der Waals surface area contributed by atoms with E-state index in [1.54, 1.807) is 6.07 Å². The molecule has 1 saturated carbocycles. The van der Waals surface area contributed by atoms with Crippen molar-refractivity contribution in [2.45, 2.75) is 44.1 Å². The molecule has 0 bridgehead atoms. The number of hydrogen-bond donors (Lipinski definition) is 1. The highest BCUT2D eigenvalue weighted by atomic mass is 35.5. The molecule has 21 heavy (non-hydrogen) atoms. The third-order valence-electron chi connectivity index (χ3n) is 3.64. The van der Waals surface area contributed by atoms with E-state index in [2.05, 4.69) is 10.3 Å². The molecular weight excluding hydrogens is 293 g/mol. The van der Waals surface area contributed by atoms with Gasteiger partial charge in [-0.1, -0.05) is 0 Å². The number of nitrogens with one attached hydrogen (secondary N) is 1. The van der Waals surface area contributed by atoms with E-state index in [0.717, 1.165) is 18.4 Å². The van der Waals surface area contributed by atoms with Gasteiger partial charge in [0, 0.05) is 25.1 Å². The van der Waals surface area contributed by atoms with Crippen molar-refractivity contribution in [2.24, 2.45) is 0 Å². The second-order valence-corrected chi connectivity index (χ2v) is 5.66. The van der Waals surface area contributed by atoms with Crippen LogP contribution in [0.15, 0.2) is 18.2 Å². The summed E-state index contributed by atoms with van der Waals surface area (Å²) in [5, 5.41) is 2.97. The molecule has 2 aromatic rings. The van der Waals surface area contributed by atoms with Crippen molar-refractivity contribution in [2.75, 3.05) is 0 Å². The summed E-state index contributed by atoms with van der Waals surface area (Å²) in [5.74, 6) is 0.766. The molecule has 1 aromatic heterocycles. The van der Waals surface area contributed by atoms with E-state index in [-0.39, 0.29) is 17.6 Å². The van der Waals surface area contributed by atoms with Crippen molar-refractivity contribution in [3.63, 3.8) is 0 Å². The maximum absolute atomic E-state index is 13.2. The second kappa shape index (κ2) is 6.02. The molecule has 1 heterocycles. The number of alkyl halides is 1. The van der Waals surface area contributed by atoms with Crippen molar-refractivity contribution < 1.29 is 9.18 Å². The van der Waals surface area contributed by atoms with E-state index < -0.39 is 0 Å². The van der Waals surface area contributed by atoms with E-state index in [1.807, 2.05) is 4.57 Å². The number of carbonyl (C=O) groups is 1. The number of imidazole rings is 1. The molecule has 1 fully saturated rings. The maximum Gasteiger partial charge on any atom is 0.220 e. The standard InChI is InChI=1S/C15H17ClFN3O/c16-9-14-19-12-8-10(17)3-6-13(12)20(14)7-1-2-15(21)18-11-4-5-11/h3,6,8,11H,1-2,4-5,7,9H2,(H,18,21). The Labute approximate surface area is 127 Å². The fraction of sp³-hybridized carbons (Fsp3) is 0.467. The first-order valence-electron chi connectivity index (χ1n) is 7.17. The van der Waals surface area contributed by atoms with Gasteiger partial charge in [0.15, 0.2) is 0 Å². The van der Waals surface area contributed by atoms with Crippen LogP contribution >= 0.6 is 11.6 Å². The number of nitrogens with zero attached hydrogens (tertiary/aromatic N) is 2. The minimum Gasteiger partial charge on any atom is -0.353 e. The lowest BCUT2D eigenvalue weighted by Gasteiger charge is -2.08. The van der Waals surface area contributed by atoms with Gasteiger partial charge >= 0.3 is 0 Å². The highest BCUT2D eigenvalue weighted by Gasteiger charge is 2.22. The molecule has 1 amide bonds. The van der Waals surface area contributed by atoms with Crippen LogP contribution in [0.4, 0.5) is 4.39 Å². The molecule has 0 saturated heterocycles. The Kier molecular flexibility index (Phi) is 4.10. The molecule has 1 aromatic carbocycles. The first-order valence-corrected chi connectivity index (χ1v) is 7.71. The van der Waals surface area contributed by atoms with Crippen LogP contribution in [-0.4, -0.2) is 21.5 Å². The lowest BCUT2D eigenvalue weighted by atomic mass is 10.2. The van der Waals surface area contributed by atoms with Crippen LogP contribution in [-0.2, 0) is 17.2 Å². The molecule has 1 aliphatic carbocycles. The zero-order valence-electron chi connectivity index (χ0n) is 11.6. The van der Waals surface area contributed by atoms with Crippen molar-refractivity contribution >= 4 is 28.5 Å². The monoisotopic (exact) mass is 309 g/mol. The number of rotatable bonds is 6. The van der Waals surface area contributed by atoms with Gasteiger partial charge in [-0.25, -0.2) is 9.37 Å². The highest BCUT2D eigenvalue weighted by molar-refractivity contribution is 6.16. The minimum absolute atomic E-state index is 0.0976. The quantitative estimate of drug-likeness (QED) is 0.834. The number of carbonyl (C=O) groups excluding carboxylic acids is 1. The molecule has 0 atom stereocenters. The normalized spacial score (nSPS) is 14.6. The topological polar surface area (TPSA) is 46.9 Å². The van der Waals surface area contributed by atoms with Gasteiger partial charge in [-0.15, -0.1) is 11.6 Å². The predicted molar refractivity (Wildman–Crippen MR) is 79.6 cm³/mol. The second-order valence-electron chi connectivity index (χ2n) is 5.39. The molecule has 1 aliphatic rings. The average Bonchev–Trinajstić information content (AvgIpc) is 3.19. The number of benzene rings is 1. The number of amides is 1. The van der Waals surface area contributed by atoms with Crippen LogP contribution in [0, 0.1) is 5.82 Å². The van der Waals surface area contributed by atoms with E-state index in [1.165, 1.54) is 12.1 Å². The van der Waals surface area contributed by atoms with Crippen LogP contribution in [0.3, 0.4) is 0 Å². The van der Waals surface area contributed by atoms with Crippen LogP contribution < -0.4 is 5.32 Å². The van der Waals surface area contributed by atoms with Gasteiger partial charge in [-0.3, -0.25) is 4.79 Å². The summed E-state index contributed by atoms with van der Waals surface area (Å²) in [5.41, 5.74) is 1.46. The van der Waals surface area contributed by atoms with Gasteiger partial charge in [0.1, 0.15) is 11.6 Å². The summed E-state index contributed by atoms with van der Waals surface area (Å²) in [6, 6.07) is 4.92. The SMILES string of the molecule is O=C(CCCn1c(CCl)nc2cc(F)ccc21)NC1CC1. The zero-order chi connectivity index (χ0) is 14.8. The molecular formula is C15H17ClFN3O. The molecule has 3 rings (SSSR count). The molecule has 112 valence electrons. The Balaban J connectivity index is 1.68. The maximum atomic E-state index is 13.2. The molecule has 0 spiro atoms. The van der Waals surface area contributed by atoms with E-state index in [9.17, 15) is 9.18 Å². The molecule has 0 radical (unpaired) electrons. The molecule has 0 aliphatic heterocycles. The van der Waals surface area contributed by atoms with Crippen molar-refractivity contribution in [1.82, 2.24) is 14.9 Å². The van der Waals surface area contributed by atoms with Gasteiger partial charge in [0.05, 0.1) is 16.9 Å². The van der Waals surface area contributed by atoms with Gasteiger partial charge < -0.3 is 9.88 Å². The molecule has 0 unspecified atom stereocenters.